The van der Waals surface area contributed by atoms with Crippen molar-refractivity contribution in [1.29, 1.82) is 0 Å². The molecule has 0 fully saturated rings. The summed E-state index contributed by atoms with van der Waals surface area (Å²) in [5.41, 5.74) is 8.61. The topological polar surface area (TPSA) is 48.1 Å². The highest BCUT2D eigenvalue weighted by Crippen LogP contribution is 2.27. The molecule has 0 aliphatic carbocycles. The second-order valence-corrected chi connectivity index (χ2v) is 3.74. The van der Waals surface area contributed by atoms with Crippen LogP contribution in [0.25, 0.3) is 0 Å². The number of hydrogen-bond donors (Lipinski definition) is 1. The standard InChI is InChI=1S/C13H14N2O/c1-9-8-12(10(2)7-11(9)14)16-13-5-3-4-6-15-13/h3-8H,14H2,1-2H3. The van der Waals surface area contributed by atoms with Gasteiger partial charge in [-0.25, -0.2) is 4.98 Å². The van der Waals surface area contributed by atoms with E-state index in [9.17, 15) is 0 Å². The van der Waals surface area contributed by atoms with Gasteiger partial charge < -0.3 is 10.5 Å². The summed E-state index contributed by atoms with van der Waals surface area (Å²) in [6, 6.07) is 9.41. The van der Waals surface area contributed by atoms with Crippen LogP contribution >= 0.6 is 0 Å². The molecule has 0 unspecified atom stereocenters. The Hall–Kier alpha value is -2.03. The molecule has 0 spiro atoms. The van der Waals surface area contributed by atoms with Gasteiger partial charge >= 0.3 is 0 Å². The molecule has 0 aliphatic heterocycles. The number of benzene rings is 1. The van der Waals surface area contributed by atoms with Gasteiger partial charge in [0.2, 0.25) is 5.88 Å². The fourth-order valence-corrected chi connectivity index (χ4v) is 1.44. The molecule has 0 saturated heterocycles. The Balaban J connectivity index is 2.32. The quantitative estimate of drug-likeness (QED) is 0.781. The van der Waals surface area contributed by atoms with E-state index in [-0.39, 0.29) is 0 Å². The highest BCUT2D eigenvalue weighted by molar-refractivity contribution is 5.54. The largest absolute Gasteiger partial charge is 0.439 e. The fraction of sp³-hybridized carbons (Fsp3) is 0.154. The summed E-state index contributed by atoms with van der Waals surface area (Å²) in [4.78, 5) is 4.11. The maximum absolute atomic E-state index is 5.81. The van der Waals surface area contributed by atoms with E-state index in [1.807, 2.05) is 44.2 Å². The molecule has 1 heterocycles. The Morgan fingerprint density at radius 2 is 1.94 bits per heavy atom. The lowest BCUT2D eigenvalue weighted by Gasteiger charge is -2.10. The van der Waals surface area contributed by atoms with Crippen LogP contribution in [0.15, 0.2) is 36.5 Å². The van der Waals surface area contributed by atoms with Gasteiger partial charge in [-0.3, -0.25) is 0 Å². The Labute approximate surface area is 94.9 Å². The zero-order chi connectivity index (χ0) is 11.5. The highest BCUT2D eigenvalue weighted by Gasteiger charge is 2.04. The van der Waals surface area contributed by atoms with Crippen molar-refractivity contribution in [3.8, 4) is 11.6 Å². The van der Waals surface area contributed by atoms with Crippen LogP contribution in [0.5, 0.6) is 11.6 Å². The minimum absolute atomic E-state index is 0.592. The van der Waals surface area contributed by atoms with Crippen LogP contribution in [-0.4, -0.2) is 4.98 Å². The molecule has 1 aromatic carbocycles. The molecular weight excluding hydrogens is 200 g/mol. The molecule has 0 atom stereocenters. The van der Waals surface area contributed by atoms with Crippen LogP contribution in [0, 0.1) is 13.8 Å². The first-order valence-corrected chi connectivity index (χ1v) is 5.12. The van der Waals surface area contributed by atoms with Crippen molar-refractivity contribution in [2.45, 2.75) is 13.8 Å². The van der Waals surface area contributed by atoms with Crippen molar-refractivity contribution in [1.82, 2.24) is 4.98 Å². The molecule has 0 bridgehead atoms. The van der Waals surface area contributed by atoms with E-state index in [1.54, 1.807) is 6.20 Å². The average molecular weight is 214 g/mol. The van der Waals surface area contributed by atoms with Crippen molar-refractivity contribution in [3.63, 3.8) is 0 Å². The second-order valence-electron chi connectivity index (χ2n) is 3.74. The van der Waals surface area contributed by atoms with Crippen LogP contribution in [0.3, 0.4) is 0 Å². The maximum atomic E-state index is 5.81. The van der Waals surface area contributed by atoms with E-state index in [2.05, 4.69) is 4.98 Å². The first kappa shape index (κ1) is 10.5. The summed E-state index contributed by atoms with van der Waals surface area (Å²) in [6.45, 7) is 3.92. The number of ether oxygens (including phenoxy) is 1. The number of nitrogens with two attached hydrogens (primary N) is 1. The second kappa shape index (κ2) is 4.23. The molecule has 2 N–H and O–H groups in total. The lowest BCUT2D eigenvalue weighted by Crippen LogP contribution is -1.94. The smallest absolute Gasteiger partial charge is 0.219 e. The van der Waals surface area contributed by atoms with E-state index >= 15 is 0 Å². The Bertz CT molecular complexity index is 495. The van der Waals surface area contributed by atoms with Crippen LogP contribution in [0.2, 0.25) is 0 Å². The summed E-state index contributed by atoms with van der Waals surface area (Å²) in [5, 5.41) is 0. The van der Waals surface area contributed by atoms with E-state index in [1.165, 1.54) is 0 Å². The van der Waals surface area contributed by atoms with E-state index in [4.69, 9.17) is 10.5 Å². The number of pyridine rings is 1. The molecule has 0 aliphatic rings. The fourth-order valence-electron chi connectivity index (χ4n) is 1.44. The third kappa shape index (κ3) is 2.14. The summed E-state index contributed by atoms with van der Waals surface area (Å²) >= 11 is 0. The van der Waals surface area contributed by atoms with Crippen molar-refractivity contribution < 1.29 is 4.74 Å². The molecular formula is C13H14N2O. The number of aryl methyl sites for hydroxylation is 2. The number of anilines is 1. The van der Waals surface area contributed by atoms with Crippen molar-refractivity contribution in [3.05, 3.63) is 47.7 Å². The molecule has 2 rings (SSSR count). The van der Waals surface area contributed by atoms with Crippen molar-refractivity contribution in [2.75, 3.05) is 5.73 Å². The molecule has 16 heavy (non-hydrogen) atoms. The van der Waals surface area contributed by atoms with Gasteiger partial charge in [0.15, 0.2) is 0 Å². The zero-order valence-corrected chi connectivity index (χ0v) is 9.40. The van der Waals surface area contributed by atoms with Gasteiger partial charge in [0, 0.05) is 18.0 Å². The number of nitrogen functional groups attached to an aromatic ring is 1. The van der Waals surface area contributed by atoms with Gasteiger partial charge in [0.1, 0.15) is 5.75 Å². The predicted molar refractivity (Wildman–Crippen MR) is 64.6 cm³/mol. The number of rotatable bonds is 2. The van der Waals surface area contributed by atoms with Crippen LogP contribution in [0.1, 0.15) is 11.1 Å². The SMILES string of the molecule is Cc1cc(Oc2ccccn2)c(C)cc1N. The van der Waals surface area contributed by atoms with Crippen LogP contribution in [0.4, 0.5) is 5.69 Å². The first-order chi connectivity index (χ1) is 7.66. The first-order valence-electron chi connectivity index (χ1n) is 5.12. The maximum Gasteiger partial charge on any atom is 0.219 e. The molecule has 0 saturated carbocycles. The molecule has 1 aromatic heterocycles. The summed E-state index contributed by atoms with van der Waals surface area (Å²) in [5.74, 6) is 1.39. The Morgan fingerprint density at radius 1 is 1.12 bits per heavy atom. The monoisotopic (exact) mass is 214 g/mol. The lowest BCUT2D eigenvalue weighted by molar-refractivity contribution is 0.459. The van der Waals surface area contributed by atoms with Crippen LogP contribution < -0.4 is 10.5 Å². The molecule has 82 valence electrons. The van der Waals surface area contributed by atoms with E-state index < -0.39 is 0 Å². The van der Waals surface area contributed by atoms with E-state index in [0.29, 0.717) is 5.88 Å². The lowest BCUT2D eigenvalue weighted by atomic mass is 10.1. The summed E-state index contributed by atoms with van der Waals surface area (Å²) in [7, 11) is 0. The van der Waals surface area contributed by atoms with Crippen molar-refractivity contribution in [2.24, 2.45) is 0 Å². The van der Waals surface area contributed by atoms with Gasteiger partial charge in [-0.1, -0.05) is 6.07 Å². The number of nitrogens with zero attached hydrogens (tertiary/aromatic N) is 1. The van der Waals surface area contributed by atoms with Gasteiger partial charge in [0.25, 0.3) is 0 Å². The third-order valence-electron chi connectivity index (χ3n) is 2.42. The van der Waals surface area contributed by atoms with Gasteiger partial charge in [-0.05, 0) is 43.2 Å². The van der Waals surface area contributed by atoms with Gasteiger partial charge in [-0.2, -0.15) is 0 Å². The summed E-state index contributed by atoms with van der Waals surface area (Å²) in [6.07, 6.45) is 1.70. The molecule has 0 radical (unpaired) electrons. The molecule has 3 heteroatoms. The molecule has 3 nitrogen and oxygen atoms in total. The van der Waals surface area contributed by atoms with Gasteiger partial charge in [-0.15, -0.1) is 0 Å². The van der Waals surface area contributed by atoms with Crippen molar-refractivity contribution >= 4 is 5.69 Å². The van der Waals surface area contributed by atoms with Gasteiger partial charge in [0.05, 0.1) is 0 Å². The Kier molecular flexibility index (Phi) is 2.77. The minimum Gasteiger partial charge on any atom is -0.439 e. The molecule has 0 amide bonds. The normalized spacial score (nSPS) is 10.1. The number of hydrogen-bond acceptors (Lipinski definition) is 3. The zero-order valence-electron chi connectivity index (χ0n) is 9.40. The van der Waals surface area contributed by atoms with Crippen LogP contribution in [-0.2, 0) is 0 Å². The Morgan fingerprint density at radius 3 is 2.62 bits per heavy atom. The predicted octanol–water partition coefficient (Wildman–Crippen LogP) is 3.07. The third-order valence-corrected chi connectivity index (χ3v) is 2.42. The number of aromatic nitrogens is 1. The average Bonchev–Trinajstić information content (AvgIpc) is 2.27. The molecule has 2 aromatic rings. The van der Waals surface area contributed by atoms with E-state index in [0.717, 1.165) is 22.6 Å². The summed E-state index contributed by atoms with van der Waals surface area (Å²) < 4.78 is 5.68. The minimum atomic E-state index is 0.592. The highest BCUT2D eigenvalue weighted by atomic mass is 16.5.